The summed E-state index contributed by atoms with van der Waals surface area (Å²) in [5, 5.41) is 3.56. The SMILES string of the molecule is CC(C)C1NC(c2ccccc2)N(C(C)CC2CC2)C1=O. The van der Waals surface area contributed by atoms with E-state index in [2.05, 4.69) is 43.1 Å². The Kier molecular flexibility index (Phi) is 4.03. The lowest BCUT2D eigenvalue weighted by atomic mass is 10.0. The first kappa shape index (κ1) is 14.6. The van der Waals surface area contributed by atoms with Crippen molar-refractivity contribution in [3.8, 4) is 0 Å². The van der Waals surface area contributed by atoms with Crippen LogP contribution in [0.4, 0.5) is 0 Å². The lowest BCUT2D eigenvalue weighted by Gasteiger charge is -2.31. The van der Waals surface area contributed by atoms with E-state index < -0.39 is 0 Å². The fraction of sp³-hybridized carbons (Fsp3) is 0.611. The van der Waals surface area contributed by atoms with Crippen molar-refractivity contribution in [3.05, 3.63) is 35.9 Å². The molecule has 1 aliphatic heterocycles. The predicted molar refractivity (Wildman–Crippen MR) is 84.6 cm³/mol. The largest absolute Gasteiger partial charge is 0.319 e. The van der Waals surface area contributed by atoms with E-state index in [4.69, 9.17) is 0 Å². The third kappa shape index (κ3) is 2.98. The maximum atomic E-state index is 12.8. The number of amides is 1. The number of nitrogens with one attached hydrogen (secondary N) is 1. The van der Waals surface area contributed by atoms with Crippen LogP contribution in [0.3, 0.4) is 0 Å². The number of hydrogen-bond acceptors (Lipinski definition) is 2. The zero-order valence-electron chi connectivity index (χ0n) is 13.3. The Bertz CT molecular complexity index is 495. The van der Waals surface area contributed by atoms with Crippen molar-refractivity contribution in [2.24, 2.45) is 11.8 Å². The Balaban J connectivity index is 1.85. The molecule has 2 aliphatic rings. The summed E-state index contributed by atoms with van der Waals surface area (Å²) in [6.07, 6.45) is 3.84. The normalized spacial score (nSPS) is 27.4. The Morgan fingerprint density at radius 2 is 1.86 bits per heavy atom. The van der Waals surface area contributed by atoms with Crippen LogP contribution < -0.4 is 5.32 Å². The van der Waals surface area contributed by atoms with Crippen LogP contribution in [0, 0.1) is 11.8 Å². The van der Waals surface area contributed by atoms with Crippen LogP contribution in [0.25, 0.3) is 0 Å². The van der Waals surface area contributed by atoms with Crippen LogP contribution in [0.1, 0.15) is 51.8 Å². The summed E-state index contributed by atoms with van der Waals surface area (Å²) >= 11 is 0. The second-order valence-electron chi connectivity index (χ2n) is 6.98. The van der Waals surface area contributed by atoms with Crippen LogP contribution in [0.2, 0.25) is 0 Å². The molecule has 1 aromatic rings. The lowest BCUT2D eigenvalue weighted by molar-refractivity contribution is -0.133. The molecule has 21 heavy (non-hydrogen) atoms. The molecule has 1 heterocycles. The summed E-state index contributed by atoms with van der Waals surface area (Å²) in [7, 11) is 0. The van der Waals surface area contributed by atoms with Gasteiger partial charge in [0.15, 0.2) is 0 Å². The van der Waals surface area contributed by atoms with E-state index in [-0.39, 0.29) is 18.1 Å². The minimum atomic E-state index is -0.0585. The average molecular weight is 286 g/mol. The fourth-order valence-electron chi connectivity index (χ4n) is 3.40. The van der Waals surface area contributed by atoms with Crippen LogP contribution >= 0.6 is 0 Å². The topological polar surface area (TPSA) is 32.3 Å². The summed E-state index contributed by atoms with van der Waals surface area (Å²) in [6.45, 7) is 6.44. The molecule has 1 aromatic carbocycles. The molecular weight excluding hydrogens is 260 g/mol. The first-order chi connectivity index (χ1) is 10.1. The van der Waals surface area contributed by atoms with E-state index in [1.807, 2.05) is 18.2 Å². The number of carbonyl (C=O) groups excluding carboxylic acids is 1. The zero-order valence-corrected chi connectivity index (χ0v) is 13.3. The molecule has 2 fully saturated rings. The smallest absolute Gasteiger partial charge is 0.241 e. The summed E-state index contributed by atoms with van der Waals surface area (Å²) < 4.78 is 0. The van der Waals surface area contributed by atoms with E-state index in [1.165, 1.54) is 18.4 Å². The minimum Gasteiger partial charge on any atom is -0.319 e. The molecule has 0 aromatic heterocycles. The van der Waals surface area contributed by atoms with Crippen molar-refractivity contribution in [1.82, 2.24) is 10.2 Å². The van der Waals surface area contributed by atoms with Gasteiger partial charge in [0.25, 0.3) is 0 Å². The van der Waals surface area contributed by atoms with Crippen molar-refractivity contribution >= 4 is 5.91 Å². The highest BCUT2D eigenvalue weighted by molar-refractivity contribution is 5.85. The van der Waals surface area contributed by atoms with Gasteiger partial charge in [-0.3, -0.25) is 10.1 Å². The molecule has 3 rings (SSSR count). The molecule has 1 saturated heterocycles. The van der Waals surface area contributed by atoms with Gasteiger partial charge in [-0.25, -0.2) is 0 Å². The standard InChI is InChI=1S/C18H26N2O/c1-12(2)16-18(21)20(13(3)11-14-9-10-14)17(19-16)15-7-5-4-6-8-15/h4-8,12-14,16-17,19H,9-11H2,1-3H3. The van der Waals surface area contributed by atoms with Gasteiger partial charge in [-0.1, -0.05) is 57.0 Å². The number of nitrogens with zero attached hydrogens (tertiary/aromatic N) is 1. The van der Waals surface area contributed by atoms with Crippen molar-refractivity contribution in [3.63, 3.8) is 0 Å². The van der Waals surface area contributed by atoms with Gasteiger partial charge < -0.3 is 4.90 Å². The van der Waals surface area contributed by atoms with E-state index in [9.17, 15) is 4.79 Å². The van der Waals surface area contributed by atoms with Gasteiger partial charge in [-0.15, -0.1) is 0 Å². The number of carbonyl (C=O) groups is 1. The quantitative estimate of drug-likeness (QED) is 0.900. The van der Waals surface area contributed by atoms with Crippen molar-refractivity contribution in [2.75, 3.05) is 0 Å². The summed E-state index contributed by atoms with van der Waals surface area (Å²) in [5.41, 5.74) is 1.19. The molecule has 0 bridgehead atoms. The monoisotopic (exact) mass is 286 g/mol. The first-order valence-corrected chi connectivity index (χ1v) is 8.21. The summed E-state index contributed by atoms with van der Waals surface area (Å²) in [5.74, 6) is 1.43. The third-order valence-electron chi connectivity index (χ3n) is 4.76. The summed E-state index contributed by atoms with van der Waals surface area (Å²) in [6, 6.07) is 10.6. The third-order valence-corrected chi connectivity index (χ3v) is 4.76. The van der Waals surface area contributed by atoms with Gasteiger partial charge in [0.05, 0.1) is 6.04 Å². The van der Waals surface area contributed by atoms with Gasteiger partial charge in [-0.05, 0) is 30.7 Å². The molecule has 1 saturated carbocycles. The second-order valence-corrected chi connectivity index (χ2v) is 6.98. The molecule has 114 valence electrons. The van der Waals surface area contributed by atoms with Crippen LogP contribution in [-0.2, 0) is 4.79 Å². The molecule has 3 atom stereocenters. The second kappa shape index (κ2) is 5.80. The van der Waals surface area contributed by atoms with E-state index in [1.54, 1.807) is 0 Å². The molecule has 1 aliphatic carbocycles. The molecule has 0 radical (unpaired) electrons. The summed E-state index contributed by atoms with van der Waals surface area (Å²) in [4.78, 5) is 14.9. The predicted octanol–water partition coefficient (Wildman–Crippen LogP) is 3.33. The van der Waals surface area contributed by atoms with E-state index >= 15 is 0 Å². The number of rotatable bonds is 5. The Morgan fingerprint density at radius 3 is 2.43 bits per heavy atom. The van der Waals surface area contributed by atoms with Gasteiger partial charge in [0, 0.05) is 6.04 Å². The lowest BCUT2D eigenvalue weighted by Crippen LogP contribution is -2.39. The van der Waals surface area contributed by atoms with Crippen molar-refractivity contribution < 1.29 is 4.79 Å². The van der Waals surface area contributed by atoms with Gasteiger partial charge in [0.1, 0.15) is 6.17 Å². The molecule has 1 amide bonds. The highest BCUT2D eigenvalue weighted by Gasteiger charge is 2.43. The van der Waals surface area contributed by atoms with Gasteiger partial charge >= 0.3 is 0 Å². The minimum absolute atomic E-state index is 0.0276. The molecule has 0 spiro atoms. The number of benzene rings is 1. The Labute approximate surface area is 127 Å². The van der Waals surface area contributed by atoms with Crippen LogP contribution in [0.15, 0.2) is 30.3 Å². The zero-order chi connectivity index (χ0) is 15.0. The highest BCUT2D eigenvalue weighted by Crippen LogP contribution is 2.38. The fourth-order valence-corrected chi connectivity index (χ4v) is 3.40. The van der Waals surface area contributed by atoms with E-state index in [0.717, 1.165) is 12.3 Å². The molecule has 3 nitrogen and oxygen atoms in total. The van der Waals surface area contributed by atoms with Gasteiger partial charge in [-0.2, -0.15) is 0 Å². The molecular formula is C18H26N2O. The Morgan fingerprint density at radius 1 is 1.19 bits per heavy atom. The maximum absolute atomic E-state index is 12.8. The molecule has 3 heteroatoms. The van der Waals surface area contributed by atoms with E-state index in [0.29, 0.717) is 12.0 Å². The van der Waals surface area contributed by atoms with Crippen molar-refractivity contribution in [1.29, 1.82) is 0 Å². The molecule has 1 N–H and O–H groups in total. The highest BCUT2D eigenvalue weighted by atomic mass is 16.2. The first-order valence-electron chi connectivity index (χ1n) is 8.21. The number of hydrogen-bond donors (Lipinski definition) is 1. The van der Waals surface area contributed by atoms with Gasteiger partial charge in [0.2, 0.25) is 5.91 Å². The maximum Gasteiger partial charge on any atom is 0.241 e. The Hall–Kier alpha value is -1.35. The average Bonchev–Trinajstić information content (AvgIpc) is 3.20. The van der Waals surface area contributed by atoms with Crippen LogP contribution in [-0.4, -0.2) is 22.9 Å². The molecule has 3 unspecified atom stereocenters. The van der Waals surface area contributed by atoms with Crippen LogP contribution in [0.5, 0.6) is 0 Å². The van der Waals surface area contributed by atoms with Crippen molar-refractivity contribution in [2.45, 2.75) is 58.3 Å².